The number of allylic oxidation sites excluding steroid dienone is 1. The molecule has 8 heteroatoms. The topological polar surface area (TPSA) is 78.6 Å². The Morgan fingerprint density at radius 2 is 1.79 bits per heavy atom. The molecule has 0 heterocycles. The molecule has 0 radical (unpaired) electrons. The summed E-state index contributed by atoms with van der Waals surface area (Å²) in [6.07, 6.45) is 0. The van der Waals surface area contributed by atoms with Gasteiger partial charge in [0.25, 0.3) is 0 Å². The maximum atomic E-state index is 11.3. The molecular weight excluding hydrogens is 591 g/mol. The molecule has 0 saturated heterocycles. The first-order valence-electron chi connectivity index (χ1n) is 5.19. The zero-order valence-electron chi connectivity index (χ0n) is 10.4. The van der Waals surface area contributed by atoms with Crippen LogP contribution in [-0.4, -0.2) is 21.5 Å². The van der Waals surface area contributed by atoms with Crippen LogP contribution in [0.2, 0.25) is 0 Å². The van der Waals surface area contributed by atoms with Crippen molar-refractivity contribution >= 4 is 79.7 Å². The summed E-state index contributed by atoms with van der Waals surface area (Å²) in [4.78, 5) is 22.5. The molecule has 1 rings (SSSR count). The molecule has 0 spiro atoms. The highest BCUT2D eigenvalue weighted by molar-refractivity contribution is 14.1. The molecule has 0 aromatic rings. The Morgan fingerprint density at radius 3 is 2.21 bits per heavy atom. The normalized spacial score (nSPS) is 27.4. The maximum Gasteiger partial charge on any atom is 0.307 e. The summed E-state index contributed by atoms with van der Waals surface area (Å²) in [5.74, 6) is -0.415. The standard InChI is InChI=1S/C11H12I3NO4/c1-4(16)18-8-6(12)7(15)9(13)11(3,10(8)14)19-5(2)17/h10H,15H2,1-3H3. The number of alkyl halides is 1. The third-order valence-corrected chi connectivity index (χ3v) is 6.97. The number of nitrogens with two attached hydrogens (primary N) is 1. The summed E-state index contributed by atoms with van der Waals surface area (Å²) in [7, 11) is 0. The van der Waals surface area contributed by atoms with Gasteiger partial charge in [-0.25, -0.2) is 0 Å². The minimum Gasteiger partial charge on any atom is -0.452 e. The zero-order chi connectivity index (χ0) is 15.0. The molecule has 0 amide bonds. The van der Waals surface area contributed by atoms with Gasteiger partial charge < -0.3 is 15.2 Å². The summed E-state index contributed by atoms with van der Waals surface area (Å²) in [6, 6.07) is 0. The predicted molar refractivity (Wildman–Crippen MR) is 96.0 cm³/mol. The molecule has 5 nitrogen and oxygen atoms in total. The van der Waals surface area contributed by atoms with Gasteiger partial charge in [0.15, 0.2) is 5.60 Å². The quantitative estimate of drug-likeness (QED) is 0.299. The van der Waals surface area contributed by atoms with Crippen molar-refractivity contribution < 1.29 is 19.1 Å². The van der Waals surface area contributed by atoms with Crippen molar-refractivity contribution in [2.24, 2.45) is 5.73 Å². The summed E-state index contributed by atoms with van der Waals surface area (Å²) in [5, 5.41) is 0. The van der Waals surface area contributed by atoms with Crippen molar-refractivity contribution in [3.05, 3.63) is 18.6 Å². The summed E-state index contributed by atoms with van der Waals surface area (Å²) >= 11 is 6.18. The molecule has 2 N–H and O–H groups in total. The number of hydrogen-bond donors (Lipinski definition) is 1. The van der Waals surface area contributed by atoms with E-state index in [0.717, 1.165) is 3.58 Å². The highest BCUT2D eigenvalue weighted by Gasteiger charge is 2.47. The van der Waals surface area contributed by atoms with E-state index >= 15 is 0 Å². The van der Waals surface area contributed by atoms with Gasteiger partial charge in [-0.1, -0.05) is 22.6 Å². The van der Waals surface area contributed by atoms with Crippen LogP contribution in [0, 0.1) is 0 Å². The molecule has 0 fully saturated rings. The minimum absolute atomic E-state index is 0.330. The van der Waals surface area contributed by atoms with Crippen LogP contribution >= 0.6 is 67.8 Å². The Labute approximate surface area is 152 Å². The number of carbonyl (C=O) groups excluding carboxylic acids is 2. The third-order valence-electron chi connectivity index (χ3n) is 2.45. The van der Waals surface area contributed by atoms with E-state index in [2.05, 4.69) is 45.2 Å². The second-order valence-electron chi connectivity index (χ2n) is 4.06. The van der Waals surface area contributed by atoms with Gasteiger partial charge in [-0.05, 0) is 52.1 Å². The van der Waals surface area contributed by atoms with Gasteiger partial charge in [-0.2, -0.15) is 0 Å². The van der Waals surface area contributed by atoms with Gasteiger partial charge in [0.05, 0.1) is 12.9 Å². The van der Waals surface area contributed by atoms with Gasteiger partial charge in [-0.15, -0.1) is 0 Å². The van der Waals surface area contributed by atoms with Crippen LogP contribution in [0.1, 0.15) is 20.8 Å². The lowest BCUT2D eigenvalue weighted by molar-refractivity contribution is -0.151. The molecule has 0 aromatic carbocycles. The Kier molecular flexibility index (Phi) is 5.93. The lowest BCUT2D eigenvalue weighted by Gasteiger charge is -2.38. The largest absolute Gasteiger partial charge is 0.452 e. The van der Waals surface area contributed by atoms with E-state index in [4.69, 9.17) is 15.2 Å². The molecule has 2 atom stereocenters. The molecular formula is C11H12I3NO4. The van der Waals surface area contributed by atoms with Crippen LogP contribution in [-0.2, 0) is 19.1 Å². The number of ether oxygens (including phenoxy) is 2. The number of hydrogen-bond acceptors (Lipinski definition) is 5. The van der Waals surface area contributed by atoms with E-state index in [9.17, 15) is 9.59 Å². The van der Waals surface area contributed by atoms with Crippen LogP contribution in [0.3, 0.4) is 0 Å². The molecule has 19 heavy (non-hydrogen) atoms. The Bertz CT molecular complexity index is 500. The van der Waals surface area contributed by atoms with Crippen molar-refractivity contribution in [3.63, 3.8) is 0 Å². The number of carbonyl (C=O) groups is 2. The Morgan fingerprint density at radius 1 is 1.26 bits per heavy atom. The summed E-state index contributed by atoms with van der Waals surface area (Å²) in [5.41, 5.74) is 5.56. The number of rotatable bonds is 2. The van der Waals surface area contributed by atoms with Gasteiger partial charge in [0.1, 0.15) is 9.68 Å². The van der Waals surface area contributed by atoms with Crippen LogP contribution in [0.15, 0.2) is 18.6 Å². The summed E-state index contributed by atoms with van der Waals surface area (Å²) < 4.78 is 11.7. The van der Waals surface area contributed by atoms with Crippen molar-refractivity contribution in [3.8, 4) is 0 Å². The Balaban J connectivity index is 3.35. The Hall–Kier alpha value is 0.410. The fourth-order valence-electron chi connectivity index (χ4n) is 1.62. The molecule has 106 valence electrons. The average Bonchev–Trinajstić information content (AvgIpc) is 2.29. The first kappa shape index (κ1) is 17.5. The fraction of sp³-hybridized carbons (Fsp3) is 0.455. The second kappa shape index (κ2) is 6.45. The first-order chi connectivity index (χ1) is 8.61. The van der Waals surface area contributed by atoms with E-state index in [1.807, 2.05) is 22.6 Å². The van der Waals surface area contributed by atoms with Crippen molar-refractivity contribution in [2.45, 2.75) is 30.3 Å². The lowest BCUT2D eigenvalue weighted by Crippen LogP contribution is -2.45. The zero-order valence-corrected chi connectivity index (χ0v) is 16.9. The van der Waals surface area contributed by atoms with E-state index in [0.29, 0.717) is 15.0 Å². The van der Waals surface area contributed by atoms with Gasteiger partial charge >= 0.3 is 11.9 Å². The molecule has 0 bridgehead atoms. The minimum atomic E-state index is -0.934. The van der Waals surface area contributed by atoms with Crippen molar-refractivity contribution in [1.82, 2.24) is 0 Å². The highest BCUT2D eigenvalue weighted by Crippen LogP contribution is 2.47. The van der Waals surface area contributed by atoms with E-state index in [1.54, 1.807) is 6.92 Å². The van der Waals surface area contributed by atoms with E-state index in [-0.39, 0.29) is 3.92 Å². The fourth-order valence-corrected chi connectivity index (χ4v) is 5.58. The second-order valence-corrected chi connectivity index (χ2v) is 7.47. The molecule has 0 saturated carbocycles. The van der Waals surface area contributed by atoms with Gasteiger partial charge in [0, 0.05) is 13.8 Å². The first-order valence-corrected chi connectivity index (χ1v) is 8.59. The van der Waals surface area contributed by atoms with Crippen LogP contribution < -0.4 is 5.73 Å². The highest BCUT2D eigenvalue weighted by atomic mass is 127. The predicted octanol–water partition coefficient (Wildman–Crippen LogP) is 2.94. The third kappa shape index (κ3) is 3.54. The van der Waals surface area contributed by atoms with Gasteiger partial charge in [-0.3, -0.25) is 9.59 Å². The molecule has 2 unspecified atom stereocenters. The van der Waals surface area contributed by atoms with Crippen molar-refractivity contribution in [1.29, 1.82) is 0 Å². The van der Waals surface area contributed by atoms with Crippen molar-refractivity contribution in [2.75, 3.05) is 0 Å². The summed E-state index contributed by atoms with van der Waals surface area (Å²) in [6.45, 7) is 4.42. The molecule has 0 aliphatic heterocycles. The van der Waals surface area contributed by atoms with Crippen LogP contribution in [0.5, 0.6) is 0 Å². The SMILES string of the molecule is CC(=O)OC1=C(I)C(N)=C(I)C(C)(OC(C)=O)C1I. The molecule has 1 aliphatic carbocycles. The molecule has 0 aromatic heterocycles. The number of halogens is 3. The smallest absolute Gasteiger partial charge is 0.307 e. The number of esters is 2. The van der Waals surface area contributed by atoms with E-state index in [1.165, 1.54) is 13.8 Å². The van der Waals surface area contributed by atoms with Gasteiger partial charge in [0.2, 0.25) is 0 Å². The van der Waals surface area contributed by atoms with E-state index < -0.39 is 17.5 Å². The maximum absolute atomic E-state index is 11.3. The lowest BCUT2D eigenvalue weighted by atomic mass is 9.94. The molecule has 1 aliphatic rings. The van der Waals surface area contributed by atoms with Crippen LogP contribution in [0.25, 0.3) is 0 Å². The average molecular weight is 603 g/mol. The monoisotopic (exact) mass is 603 g/mol. The van der Waals surface area contributed by atoms with Crippen LogP contribution in [0.4, 0.5) is 0 Å².